The first-order chi connectivity index (χ1) is 23.4. The number of esters is 2. The second-order valence-electron chi connectivity index (χ2n) is 11.2. The molecule has 0 spiro atoms. The standard InChI is InChI=1S/C36H34O10.C2H6/c1-23-3-7-25(8-4-23)19-41-45-30-15-9-26(10-16-30)20-42-46-32-22-40-33-31(21-39-34(32)33)44-36(38)28-13-17-29(18-14-28)43-35(37)27-11-5-24(2)6-12-27;1-2/h3-18,31-34H,19-22H2,1-2H3;1-2H3/t31?,32-,33-,34-;/m0./s1. The van der Waals surface area contributed by atoms with E-state index in [9.17, 15) is 9.59 Å². The zero-order valence-corrected chi connectivity index (χ0v) is 27.5. The zero-order chi connectivity index (χ0) is 33.9. The maximum absolute atomic E-state index is 12.8. The van der Waals surface area contributed by atoms with Crippen molar-refractivity contribution in [3.8, 4) is 11.5 Å². The van der Waals surface area contributed by atoms with E-state index >= 15 is 0 Å². The summed E-state index contributed by atoms with van der Waals surface area (Å²) in [6.45, 7) is 8.92. The summed E-state index contributed by atoms with van der Waals surface area (Å²) in [6.07, 6.45) is -2.01. The fraction of sp³-hybridized carbons (Fsp3) is 0.316. The van der Waals surface area contributed by atoms with Gasteiger partial charge in [-0.1, -0.05) is 73.5 Å². The van der Waals surface area contributed by atoms with Gasteiger partial charge in [0.15, 0.2) is 11.9 Å². The Kier molecular flexibility index (Phi) is 12.3. The molecule has 0 saturated carbocycles. The van der Waals surface area contributed by atoms with Gasteiger partial charge < -0.3 is 23.8 Å². The van der Waals surface area contributed by atoms with Gasteiger partial charge in [0.2, 0.25) is 0 Å². The largest absolute Gasteiger partial charge is 0.453 e. The predicted octanol–water partition coefficient (Wildman–Crippen LogP) is 6.90. The van der Waals surface area contributed by atoms with Crippen molar-refractivity contribution in [1.82, 2.24) is 0 Å². The molecule has 1 unspecified atom stereocenters. The van der Waals surface area contributed by atoms with E-state index in [1.165, 1.54) is 5.56 Å². The Morgan fingerprint density at radius 1 is 0.604 bits per heavy atom. The summed E-state index contributed by atoms with van der Waals surface area (Å²) in [5.74, 6) is -0.131. The number of benzene rings is 4. The molecule has 0 amide bonds. The van der Waals surface area contributed by atoms with Gasteiger partial charge in [-0.15, -0.1) is 0 Å². The van der Waals surface area contributed by atoms with Crippen LogP contribution in [0.5, 0.6) is 11.5 Å². The first-order valence-corrected chi connectivity index (χ1v) is 16.0. The second kappa shape index (κ2) is 17.0. The Balaban J connectivity index is 0.00000221. The number of hydrogen-bond donors (Lipinski definition) is 0. The van der Waals surface area contributed by atoms with E-state index in [0.717, 1.165) is 16.7 Å². The van der Waals surface area contributed by atoms with Crippen LogP contribution >= 0.6 is 0 Å². The normalized spacial score (nSPS) is 19.5. The Hall–Kier alpha value is -4.58. The average Bonchev–Trinajstić information content (AvgIpc) is 3.70. The van der Waals surface area contributed by atoms with Crippen molar-refractivity contribution in [2.45, 2.75) is 65.3 Å². The van der Waals surface area contributed by atoms with Crippen LogP contribution in [0, 0.1) is 13.8 Å². The van der Waals surface area contributed by atoms with Crippen LogP contribution in [0.4, 0.5) is 0 Å². The number of fused-ring (bicyclic) bond motifs is 1. The highest BCUT2D eigenvalue weighted by Gasteiger charge is 2.50. The van der Waals surface area contributed by atoms with Crippen LogP contribution < -0.4 is 9.62 Å². The summed E-state index contributed by atoms with van der Waals surface area (Å²) < 4.78 is 22.8. The number of carbonyl (C=O) groups excluding carboxylic acids is 2. The molecule has 2 aliphatic rings. The van der Waals surface area contributed by atoms with E-state index in [1.54, 1.807) is 48.5 Å². The maximum Gasteiger partial charge on any atom is 0.343 e. The van der Waals surface area contributed by atoms with E-state index in [1.807, 2.05) is 76.2 Å². The average molecular weight is 657 g/mol. The lowest BCUT2D eigenvalue weighted by molar-refractivity contribution is -0.341. The van der Waals surface area contributed by atoms with Crippen LogP contribution in [-0.2, 0) is 42.1 Å². The molecule has 0 radical (unpaired) electrons. The highest BCUT2D eigenvalue weighted by Crippen LogP contribution is 2.31. The molecule has 2 fully saturated rings. The Morgan fingerprint density at radius 2 is 1.08 bits per heavy atom. The summed E-state index contributed by atoms with van der Waals surface area (Å²) in [7, 11) is 0. The van der Waals surface area contributed by atoms with Crippen molar-refractivity contribution in [2.24, 2.45) is 0 Å². The van der Waals surface area contributed by atoms with Crippen molar-refractivity contribution < 1.29 is 48.1 Å². The first-order valence-electron chi connectivity index (χ1n) is 16.0. The first kappa shape index (κ1) is 34.7. The van der Waals surface area contributed by atoms with Gasteiger partial charge in [0, 0.05) is 0 Å². The highest BCUT2D eigenvalue weighted by molar-refractivity contribution is 5.92. The third-order valence-corrected chi connectivity index (χ3v) is 7.65. The van der Waals surface area contributed by atoms with Crippen LogP contribution in [0.25, 0.3) is 0 Å². The smallest absolute Gasteiger partial charge is 0.343 e. The molecule has 10 nitrogen and oxygen atoms in total. The number of ether oxygens (including phenoxy) is 4. The molecule has 0 aliphatic carbocycles. The van der Waals surface area contributed by atoms with E-state index in [2.05, 4.69) is 0 Å². The molecule has 2 saturated heterocycles. The Morgan fingerprint density at radius 3 is 1.73 bits per heavy atom. The van der Waals surface area contributed by atoms with Crippen LogP contribution in [0.15, 0.2) is 97.1 Å². The minimum atomic E-state index is -0.606. The minimum Gasteiger partial charge on any atom is -0.453 e. The molecule has 10 heteroatoms. The van der Waals surface area contributed by atoms with Crippen LogP contribution in [0.2, 0.25) is 0 Å². The quantitative estimate of drug-likeness (QED) is 0.0692. The second-order valence-corrected chi connectivity index (χ2v) is 11.2. The predicted molar refractivity (Wildman–Crippen MR) is 175 cm³/mol. The molecule has 6 rings (SSSR count). The maximum atomic E-state index is 12.8. The summed E-state index contributed by atoms with van der Waals surface area (Å²) in [5.41, 5.74) is 4.87. The van der Waals surface area contributed by atoms with Gasteiger partial charge in [0.1, 0.15) is 37.3 Å². The summed E-state index contributed by atoms with van der Waals surface area (Å²) in [4.78, 5) is 47.0. The van der Waals surface area contributed by atoms with Gasteiger partial charge in [0.25, 0.3) is 0 Å². The van der Waals surface area contributed by atoms with E-state index in [-0.39, 0.29) is 19.8 Å². The molecule has 0 aromatic heterocycles. The molecule has 0 N–H and O–H groups in total. The number of rotatable bonds is 12. The molecule has 4 atom stereocenters. The summed E-state index contributed by atoms with van der Waals surface area (Å²) >= 11 is 0. The highest BCUT2D eigenvalue weighted by atomic mass is 17.2. The zero-order valence-electron chi connectivity index (χ0n) is 27.5. The number of aryl methyl sites for hydroxylation is 2. The van der Waals surface area contributed by atoms with Gasteiger partial charge in [0.05, 0.1) is 24.3 Å². The lowest BCUT2D eigenvalue weighted by atomic mass is 10.1. The number of carbonyl (C=O) groups is 2. The van der Waals surface area contributed by atoms with Crippen molar-refractivity contribution in [2.75, 3.05) is 13.2 Å². The van der Waals surface area contributed by atoms with Gasteiger partial charge in [-0.2, -0.15) is 4.89 Å². The van der Waals surface area contributed by atoms with Gasteiger partial charge in [-0.3, -0.25) is 0 Å². The van der Waals surface area contributed by atoms with Crippen molar-refractivity contribution in [3.05, 3.63) is 130 Å². The van der Waals surface area contributed by atoms with E-state index in [0.29, 0.717) is 29.2 Å². The number of hydrogen-bond acceptors (Lipinski definition) is 10. The SMILES string of the molecule is CC.Cc1ccc(COOc2ccc(COO[C@H]3CO[C@H]4C(OC(=O)c5ccc(OC(=O)c6ccc(C)cc6)cc5)CO[C@@H]34)cc2)cc1. The molecule has 48 heavy (non-hydrogen) atoms. The third kappa shape index (κ3) is 9.27. The van der Waals surface area contributed by atoms with Crippen LogP contribution in [0.3, 0.4) is 0 Å². The van der Waals surface area contributed by atoms with Crippen LogP contribution in [0.1, 0.15) is 56.8 Å². The fourth-order valence-corrected chi connectivity index (χ4v) is 5.01. The molecule has 252 valence electrons. The van der Waals surface area contributed by atoms with Crippen LogP contribution in [-0.4, -0.2) is 49.6 Å². The van der Waals surface area contributed by atoms with Gasteiger partial charge in [-0.25, -0.2) is 19.4 Å². The molecular formula is C38H40O10. The van der Waals surface area contributed by atoms with E-state index in [4.69, 9.17) is 38.5 Å². The summed E-state index contributed by atoms with van der Waals surface area (Å²) in [5, 5.41) is 0. The third-order valence-electron chi connectivity index (χ3n) is 7.65. The molecule has 2 aliphatic heterocycles. The lowest BCUT2D eigenvalue weighted by Crippen LogP contribution is -2.35. The molecular weight excluding hydrogens is 616 g/mol. The van der Waals surface area contributed by atoms with Crippen molar-refractivity contribution in [1.29, 1.82) is 0 Å². The molecule has 4 aromatic carbocycles. The summed E-state index contributed by atoms with van der Waals surface area (Å²) in [6, 6.07) is 28.6. The van der Waals surface area contributed by atoms with E-state index < -0.39 is 36.4 Å². The lowest BCUT2D eigenvalue weighted by Gasteiger charge is -2.17. The molecule has 4 aromatic rings. The van der Waals surface area contributed by atoms with Crippen molar-refractivity contribution >= 4 is 11.9 Å². The Bertz CT molecular complexity index is 1600. The van der Waals surface area contributed by atoms with Gasteiger partial charge in [-0.05, 0) is 73.5 Å². The van der Waals surface area contributed by atoms with Crippen molar-refractivity contribution in [3.63, 3.8) is 0 Å². The minimum absolute atomic E-state index is 0.167. The fourth-order valence-electron chi connectivity index (χ4n) is 5.01. The van der Waals surface area contributed by atoms with Gasteiger partial charge >= 0.3 is 11.9 Å². The topological polar surface area (TPSA) is 108 Å². The molecule has 0 bridgehead atoms. The monoisotopic (exact) mass is 656 g/mol. The Labute approximate surface area is 280 Å². The molecule has 2 heterocycles.